The summed E-state index contributed by atoms with van der Waals surface area (Å²) < 4.78 is 17.1. The summed E-state index contributed by atoms with van der Waals surface area (Å²) in [6.45, 7) is 7.05. The van der Waals surface area contributed by atoms with E-state index in [9.17, 15) is 9.59 Å². The van der Waals surface area contributed by atoms with Gasteiger partial charge in [0.1, 0.15) is 0 Å². The first-order valence-electron chi connectivity index (χ1n) is 8.70. The normalized spacial score (nSPS) is 52.9. The lowest BCUT2D eigenvalue weighted by Crippen LogP contribution is -2.70. The summed E-state index contributed by atoms with van der Waals surface area (Å²) in [5.41, 5.74) is -0.834. The second-order valence-corrected chi connectivity index (χ2v) is 7.81. The van der Waals surface area contributed by atoms with E-state index in [0.29, 0.717) is 12.3 Å². The van der Waals surface area contributed by atoms with Crippen molar-refractivity contribution in [3.8, 4) is 0 Å². The molecule has 4 aliphatic heterocycles. The first-order valence-corrected chi connectivity index (χ1v) is 8.70. The molecule has 7 heteroatoms. The van der Waals surface area contributed by atoms with E-state index < -0.39 is 29.8 Å². The third-order valence-corrected chi connectivity index (χ3v) is 6.40. The fraction of sp³-hybridized carbons (Fsp3) is 0.882. The van der Waals surface area contributed by atoms with Crippen LogP contribution in [0.4, 0.5) is 0 Å². The summed E-state index contributed by atoms with van der Waals surface area (Å²) >= 11 is 0. The molecule has 5 aliphatic rings. The van der Waals surface area contributed by atoms with Gasteiger partial charge in [0.2, 0.25) is 12.1 Å². The maximum absolute atomic E-state index is 12.3. The van der Waals surface area contributed by atoms with Crippen LogP contribution in [0.2, 0.25) is 0 Å². The summed E-state index contributed by atoms with van der Waals surface area (Å²) in [4.78, 5) is 35.5. The van der Waals surface area contributed by atoms with Gasteiger partial charge in [-0.15, -0.1) is 0 Å². The second kappa shape index (κ2) is 5.16. The predicted molar refractivity (Wildman–Crippen MR) is 79.0 cm³/mol. The van der Waals surface area contributed by atoms with Gasteiger partial charge in [0.15, 0.2) is 11.7 Å². The number of carbonyl (C=O) groups is 2. The fourth-order valence-corrected chi connectivity index (χ4v) is 5.06. The molecule has 8 atom stereocenters. The number of ether oxygens (including phenoxy) is 3. The molecule has 134 valence electrons. The van der Waals surface area contributed by atoms with Gasteiger partial charge < -0.3 is 14.2 Å². The van der Waals surface area contributed by atoms with E-state index in [0.717, 1.165) is 12.8 Å². The first kappa shape index (κ1) is 16.3. The van der Waals surface area contributed by atoms with Gasteiger partial charge >= 0.3 is 11.9 Å². The van der Waals surface area contributed by atoms with Crippen LogP contribution in [0.1, 0.15) is 47.0 Å². The number of fused-ring (bicyclic) bond motifs is 2. The molecule has 0 aromatic rings. The average Bonchev–Trinajstić information content (AvgIpc) is 2.69. The molecule has 0 aromatic carbocycles. The number of carbonyl (C=O) groups excluding carboxylic acids is 2. The monoisotopic (exact) mass is 340 g/mol. The van der Waals surface area contributed by atoms with E-state index in [1.807, 2.05) is 6.92 Å². The van der Waals surface area contributed by atoms with Crippen molar-refractivity contribution in [3.05, 3.63) is 0 Å². The zero-order valence-electron chi connectivity index (χ0n) is 14.4. The highest BCUT2D eigenvalue weighted by Gasteiger charge is 2.72. The Morgan fingerprint density at radius 3 is 2.67 bits per heavy atom. The molecule has 7 nitrogen and oxygen atoms in total. The van der Waals surface area contributed by atoms with E-state index in [4.69, 9.17) is 24.0 Å². The number of esters is 2. The van der Waals surface area contributed by atoms with Gasteiger partial charge in [-0.2, -0.15) is 4.89 Å². The van der Waals surface area contributed by atoms with Crippen molar-refractivity contribution in [3.63, 3.8) is 0 Å². The SMILES string of the molecule is CC(=O)O[C@@H]1C[C@H]2[C@H](C)CC[C@H]3[C@@H](C)C(=O)O[C@@H]4O[C@@]1(C)OO[C@]423. The smallest absolute Gasteiger partial charge is 0.311 e. The number of hydrogen-bond donors (Lipinski definition) is 0. The molecular weight excluding hydrogens is 316 g/mol. The molecule has 0 unspecified atom stereocenters. The van der Waals surface area contributed by atoms with Crippen LogP contribution in [0.3, 0.4) is 0 Å². The van der Waals surface area contributed by atoms with Crippen LogP contribution in [0.5, 0.6) is 0 Å². The lowest BCUT2D eigenvalue weighted by atomic mass is 9.58. The van der Waals surface area contributed by atoms with Crippen LogP contribution >= 0.6 is 0 Å². The van der Waals surface area contributed by atoms with E-state index >= 15 is 0 Å². The third kappa shape index (κ3) is 2.01. The van der Waals surface area contributed by atoms with Gasteiger partial charge in [0, 0.05) is 18.8 Å². The van der Waals surface area contributed by atoms with Crippen LogP contribution in [0.15, 0.2) is 0 Å². The first-order chi connectivity index (χ1) is 11.3. The van der Waals surface area contributed by atoms with Crippen molar-refractivity contribution < 1.29 is 33.6 Å². The molecule has 1 saturated carbocycles. The predicted octanol–water partition coefficient (Wildman–Crippen LogP) is 1.94. The summed E-state index contributed by atoms with van der Waals surface area (Å²) in [5, 5.41) is 0. The van der Waals surface area contributed by atoms with Gasteiger partial charge in [0.05, 0.1) is 5.92 Å². The molecule has 4 saturated heterocycles. The maximum Gasteiger partial charge on any atom is 0.311 e. The average molecular weight is 340 g/mol. The molecule has 1 aliphatic carbocycles. The third-order valence-electron chi connectivity index (χ3n) is 6.40. The Hall–Kier alpha value is -1.18. The van der Waals surface area contributed by atoms with Gasteiger partial charge in [-0.1, -0.05) is 13.8 Å². The maximum atomic E-state index is 12.3. The zero-order chi connectivity index (χ0) is 17.3. The Morgan fingerprint density at radius 1 is 1.21 bits per heavy atom. The van der Waals surface area contributed by atoms with Crippen molar-refractivity contribution in [2.24, 2.45) is 23.7 Å². The minimum absolute atomic E-state index is 0.0190. The molecule has 0 N–H and O–H groups in total. The molecule has 0 radical (unpaired) electrons. The molecule has 0 amide bonds. The topological polar surface area (TPSA) is 80.3 Å². The molecule has 0 aromatic heterocycles. The summed E-state index contributed by atoms with van der Waals surface area (Å²) in [6, 6.07) is 0. The Kier molecular flexibility index (Phi) is 3.50. The molecule has 24 heavy (non-hydrogen) atoms. The van der Waals surface area contributed by atoms with E-state index in [1.54, 1.807) is 6.92 Å². The van der Waals surface area contributed by atoms with Gasteiger partial charge in [0.25, 0.3) is 0 Å². The Balaban J connectivity index is 1.80. The lowest BCUT2D eigenvalue weighted by Gasteiger charge is -2.57. The van der Waals surface area contributed by atoms with Crippen LogP contribution in [-0.2, 0) is 33.6 Å². The highest BCUT2D eigenvalue weighted by Crippen LogP contribution is 2.60. The lowest BCUT2D eigenvalue weighted by molar-refractivity contribution is -0.565. The molecular formula is C17H24O7. The van der Waals surface area contributed by atoms with Gasteiger partial charge in [-0.05, 0) is 32.1 Å². The van der Waals surface area contributed by atoms with E-state index in [-0.39, 0.29) is 23.7 Å². The van der Waals surface area contributed by atoms with Crippen molar-refractivity contribution in [1.29, 1.82) is 0 Å². The van der Waals surface area contributed by atoms with Crippen LogP contribution < -0.4 is 0 Å². The highest BCUT2D eigenvalue weighted by atomic mass is 17.3. The quantitative estimate of drug-likeness (QED) is 0.533. The van der Waals surface area contributed by atoms with Crippen molar-refractivity contribution in [1.82, 2.24) is 0 Å². The zero-order valence-corrected chi connectivity index (χ0v) is 14.4. The summed E-state index contributed by atoms with van der Waals surface area (Å²) in [6.07, 6.45) is 0.952. The second-order valence-electron chi connectivity index (χ2n) is 7.81. The molecule has 5 rings (SSSR count). The molecule has 2 bridgehead atoms. The van der Waals surface area contributed by atoms with E-state index in [2.05, 4.69) is 6.92 Å². The van der Waals surface area contributed by atoms with Crippen molar-refractivity contribution in [2.45, 2.75) is 70.7 Å². The van der Waals surface area contributed by atoms with Crippen LogP contribution in [0, 0.1) is 23.7 Å². The van der Waals surface area contributed by atoms with Crippen LogP contribution in [0.25, 0.3) is 0 Å². The van der Waals surface area contributed by atoms with Gasteiger partial charge in [-0.25, -0.2) is 4.89 Å². The Morgan fingerprint density at radius 2 is 1.96 bits per heavy atom. The standard InChI is InChI=1S/C17H24O7/c1-8-5-6-11-9(2)14(19)21-15-17(11)12(8)7-13(20-10(3)18)16(4,22-15)23-24-17/h8-9,11-13,15H,5-7H2,1-4H3/t8-,9-,11+,12+,13-,15-,16+,17+/m1/s1. The van der Waals surface area contributed by atoms with Crippen molar-refractivity contribution in [2.75, 3.05) is 0 Å². The largest absolute Gasteiger partial charge is 0.457 e. The number of hydrogen-bond acceptors (Lipinski definition) is 7. The fourth-order valence-electron chi connectivity index (χ4n) is 5.06. The summed E-state index contributed by atoms with van der Waals surface area (Å²) in [5.74, 6) is -1.94. The molecule has 5 fully saturated rings. The minimum atomic E-state index is -1.29. The van der Waals surface area contributed by atoms with E-state index in [1.165, 1.54) is 6.92 Å². The molecule has 4 heterocycles. The Bertz CT molecular complexity index is 577. The number of rotatable bonds is 1. The summed E-state index contributed by atoms with van der Waals surface area (Å²) in [7, 11) is 0. The van der Waals surface area contributed by atoms with Gasteiger partial charge in [-0.3, -0.25) is 9.59 Å². The Labute approximate surface area is 140 Å². The van der Waals surface area contributed by atoms with Crippen LogP contribution in [-0.4, -0.2) is 35.7 Å². The molecule has 1 spiro atoms. The van der Waals surface area contributed by atoms with Crippen molar-refractivity contribution >= 4 is 11.9 Å². The highest BCUT2D eigenvalue weighted by molar-refractivity contribution is 5.74. The minimum Gasteiger partial charge on any atom is -0.457 e.